The molecule has 136 valence electrons. The second-order valence-electron chi connectivity index (χ2n) is 6.01. The molecular formula is C19H19N7O. The van der Waals surface area contributed by atoms with Crippen LogP contribution in [0.5, 0.6) is 5.75 Å². The number of aromatic nitrogens is 5. The van der Waals surface area contributed by atoms with E-state index >= 15 is 0 Å². The second-order valence-corrected chi connectivity index (χ2v) is 6.01. The van der Waals surface area contributed by atoms with Crippen LogP contribution in [0.4, 0.5) is 11.8 Å². The van der Waals surface area contributed by atoms with Gasteiger partial charge < -0.3 is 15.8 Å². The minimum absolute atomic E-state index is 0.470. The number of pyridine rings is 1. The summed E-state index contributed by atoms with van der Waals surface area (Å²) < 4.78 is 6.84. The molecule has 0 radical (unpaired) electrons. The van der Waals surface area contributed by atoms with Crippen LogP contribution in [0, 0.1) is 0 Å². The summed E-state index contributed by atoms with van der Waals surface area (Å²) >= 11 is 0. The molecule has 0 unspecified atom stereocenters. The van der Waals surface area contributed by atoms with Crippen molar-refractivity contribution in [2.75, 3.05) is 18.2 Å². The van der Waals surface area contributed by atoms with Crippen LogP contribution in [0.2, 0.25) is 0 Å². The summed E-state index contributed by atoms with van der Waals surface area (Å²) in [6.45, 7) is 0.511. The van der Waals surface area contributed by atoms with E-state index < -0.39 is 0 Å². The normalized spacial score (nSPS) is 10.9. The quantitative estimate of drug-likeness (QED) is 0.563. The van der Waals surface area contributed by atoms with Crippen LogP contribution in [-0.4, -0.2) is 31.8 Å². The molecule has 3 heterocycles. The van der Waals surface area contributed by atoms with Gasteiger partial charge in [0.25, 0.3) is 0 Å². The Kier molecular flexibility index (Phi) is 4.29. The zero-order valence-corrected chi connectivity index (χ0v) is 15.0. The standard InChI is InChI=1S/C19H19N7O/c1-26-17(20)15-16(12-6-8-14(27-2)9-7-12)23-19(24-18(15)25-26)22-11-13-5-3-4-10-21-13/h3-10H,11,20H2,1-2H3,(H,22,24,25). The molecule has 3 N–H and O–H groups in total. The van der Waals surface area contributed by atoms with Gasteiger partial charge in [-0.15, -0.1) is 0 Å². The molecule has 0 fully saturated rings. The highest BCUT2D eigenvalue weighted by Crippen LogP contribution is 2.31. The lowest BCUT2D eigenvalue weighted by molar-refractivity contribution is 0.415. The Labute approximate surface area is 156 Å². The number of nitrogens with zero attached hydrogens (tertiary/aromatic N) is 5. The Morgan fingerprint density at radius 1 is 1.11 bits per heavy atom. The van der Waals surface area contributed by atoms with Crippen molar-refractivity contribution in [1.82, 2.24) is 24.7 Å². The number of fused-ring (bicyclic) bond motifs is 1. The van der Waals surface area contributed by atoms with E-state index in [0.29, 0.717) is 24.0 Å². The third kappa shape index (κ3) is 3.24. The highest BCUT2D eigenvalue weighted by molar-refractivity contribution is 5.98. The maximum Gasteiger partial charge on any atom is 0.225 e. The fraction of sp³-hybridized carbons (Fsp3) is 0.158. The molecule has 0 aliphatic carbocycles. The van der Waals surface area contributed by atoms with Gasteiger partial charge in [0.2, 0.25) is 5.95 Å². The fourth-order valence-corrected chi connectivity index (χ4v) is 2.82. The molecule has 3 aromatic heterocycles. The average molecular weight is 361 g/mol. The van der Waals surface area contributed by atoms with Crippen molar-refractivity contribution in [2.45, 2.75) is 6.54 Å². The Morgan fingerprint density at radius 3 is 2.63 bits per heavy atom. The average Bonchev–Trinajstić information content (AvgIpc) is 3.00. The molecule has 27 heavy (non-hydrogen) atoms. The minimum atomic E-state index is 0.470. The number of hydrogen-bond donors (Lipinski definition) is 2. The topological polar surface area (TPSA) is 104 Å². The van der Waals surface area contributed by atoms with Gasteiger partial charge in [0.1, 0.15) is 11.6 Å². The lowest BCUT2D eigenvalue weighted by Gasteiger charge is -2.09. The highest BCUT2D eigenvalue weighted by atomic mass is 16.5. The van der Waals surface area contributed by atoms with Crippen molar-refractivity contribution in [3.05, 3.63) is 54.4 Å². The predicted octanol–water partition coefficient (Wildman–Crippen LogP) is 2.63. The van der Waals surface area contributed by atoms with Gasteiger partial charge in [-0.05, 0) is 36.4 Å². The summed E-state index contributed by atoms with van der Waals surface area (Å²) in [7, 11) is 3.42. The zero-order chi connectivity index (χ0) is 18.8. The number of nitrogen functional groups attached to an aromatic ring is 1. The summed E-state index contributed by atoms with van der Waals surface area (Å²) in [5.41, 5.74) is 9.28. The highest BCUT2D eigenvalue weighted by Gasteiger charge is 2.17. The van der Waals surface area contributed by atoms with E-state index in [1.54, 1.807) is 25.0 Å². The molecule has 4 aromatic rings. The van der Waals surface area contributed by atoms with E-state index in [4.69, 9.17) is 15.5 Å². The molecular weight excluding hydrogens is 342 g/mol. The van der Waals surface area contributed by atoms with Crippen molar-refractivity contribution in [3.8, 4) is 17.0 Å². The minimum Gasteiger partial charge on any atom is -0.497 e. The lowest BCUT2D eigenvalue weighted by Crippen LogP contribution is -2.06. The number of methoxy groups -OCH3 is 1. The van der Waals surface area contributed by atoms with Gasteiger partial charge in [0.15, 0.2) is 5.65 Å². The summed E-state index contributed by atoms with van der Waals surface area (Å²) in [5, 5.41) is 8.35. The Bertz CT molecular complexity index is 1070. The number of anilines is 2. The first-order valence-corrected chi connectivity index (χ1v) is 8.44. The summed E-state index contributed by atoms with van der Waals surface area (Å²) in [6, 6.07) is 13.4. The van der Waals surface area contributed by atoms with Gasteiger partial charge in [-0.1, -0.05) is 6.07 Å². The number of benzene rings is 1. The summed E-state index contributed by atoms with van der Waals surface area (Å²) in [4.78, 5) is 13.5. The van der Waals surface area contributed by atoms with Crippen LogP contribution in [0.3, 0.4) is 0 Å². The van der Waals surface area contributed by atoms with Gasteiger partial charge >= 0.3 is 0 Å². The molecule has 8 heteroatoms. The summed E-state index contributed by atoms with van der Waals surface area (Å²) in [6.07, 6.45) is 1.75. The van der Waals surface area contributed by atoms with Crippen molar-refractivity contribution in [1.29, 1.82) is 0 Å². The third-order valence-electron chi connectivity index (χ3n) is 4.26. The van der Waals surface area contributed by atoms with Gasteiger partial charge in [-0.3, -0.25) is 9.67 Å². The van der Waals surface area contributed by atoms with Crippen LogP contribution in [0.25, 0.3) is 22.3 Å². The zero-order valence-electron chi connectivity index (χ0n) is 15.0. The smallest absolute Gasteiger partial charge is 0.225 e. The van der Waals surface area contributed by atoms with E-state index in [-0.39, 0.29) is 0 Å². The maximum absolute atomic E-state index is 6.21. The van der Waals surface area contributed by atoms with Gasteiger partial charge in [0, 0.05) is 18.8 Å². The number of nitrogens with two attached hydrogens (primary N) is 1. The first-order chi connectivity index (χ1) is 13.2. The Balaban J connectivity index is 1.77. The van der Waals surface area contributed by atoms with Crippen LogP contribution < -0.4 is 15.8 Å². The third-order valence-corrected chi connectivity index (χ3v) is 4.26. The number of aryl methyl sites for hydroxylation is 1. The molecule has 0 spiro atoms. The maximum atomic E-state index is 6.21. The molecule has 0 amide bonds. The fourth-order valence-electron chi connectivity index (χ4n) is 2.82. The Hall–Kier alpha value is -3.68. The first-order valence-electron chi connectivity index (χ1n) is 8.44. The monoisotopic (exact) mass is 361 g/mol. The van der Waals surface area contributed by atoms with E-state index in [9.17, 15) is 0 Å². The molecule has 0 bridgehead atoms. The molecule has 0 atom stereocenters. The van der Waals surface area contributed by atoms with E-state index in [0.717, 1.165) is 28.1 Å². The van der Waals surface area contributed by atoms with E-state index in [2.05, 4.69) is 20.4 Å². The SMILES string of the molecule is COc1ccc(-c2nc(NCc3ccccn3)nc3nn(C)c(N)c23)cc1. The van der Waals surface area contributed by atoms with Crippen LogP contribution in [0.15, 0.2) is 48.7 Å². The number of rotatable bonds is 5. The molecule has 0 saturated heterocycles. The first kappa shape index (κ1) is 16.8. The molecule has 1 aromatic carbocycles. The van der Waals surface area contributed by atoms with E-state index in [1.165, 1.54) is 0 Å². The second kappa shape index (κ2) is 6.91. The largest absolute Gasteiger partial charge is 0.497 e. The number of ether oxygens (including phenoxy) is 1. The van der Waals surface area contributed by atoms with Gasteiger partial charge in [-0.25, -0.2) is 4.98 Å². The molecule has 8 nitrogen and oxygen atoms in total. The van der Waals surface area contributed by atoms with Crippen molar-refractivity contribution in [2.24, 2.45) is 7.05 Å². The molecule has 0 saturated carbocycles. The van der Waals surface area contributed by atoms with Crippen LogP contribution in [-0.2, 0) is 13.6 Å². The van der Waals surface area contributed by atoms with Crippen molar-refractivity contribution in [3.63, 3.8) is 0 Å². The van der Waals surface area contributed by atoms with E-state index in [1.807, 2.05) is 42.5 Å². The molecule has 4 rings (SSSR count). The van der Waals surface area contributed by atoms with Crippen molar-refractivity contribution < 1.29 is 4.74 Å². The molecule has 0 aliphatic rings. The predicted molar refractivity (Wildman–Crippen MR) is 104 cm³/mol. The lowest BCUT2D eigenvalue weighted by atomic mass is 10.1. The summed E-state index contributed by atoms with van der Waals surface area (Å²) in [5.74, 6) is 1.76. The Morgan fingerprint density at radius 2 is 1.93 bits per heavy atom. The van der Waals surface area contributed by atoms with Crippen LogP contribution >= 0.6 is 0 Å². The van der Waals surface area contributed by atoms with Gasteiger partial charge in [0.05, 0.1) is 30.4 Å². The number of hydrogen-bond acceptors (Lipinski definition) is 7. The number of nitrogens with one attached hydrogen (secondary N) is 1. The molecule has 0 aliphatic heterocycles. The van der Waals surface area contributed by atoms with Crippen molar-refractivity contribution >= 4 is 22.8 Å². The van der Waals surface area contributed by atoms with Gasteiger partial charge in [-0.2, -0.15) is 10.1 Å². The van der Waals surface area contributed by atoms with Crippen LogP contribution in [0.1, 0.15) is 5.69 Å².